The average Bonchev–Trinajstić information content (AvgIpc) is 2.67. The van der Waals surface area contributed by atoms with Gasteiger partial charge in [0.05, 0.1) is 12.8 Å². The van der Waals surface area contributed by atoms with Crippen LogP contribution in [0.1, 0.15) is 16.1 Å². The van der Waals surface area contributed by atoms with Gasteiger partial charge in [0.1, 0.15) is 12.3 Å². The second kappa shape index (κ2) is 7.49. The van der Waals surface area contributed by atoms with Gasteiger partial charge in [-0.2, -0.15) is 0 Å². The summed E-state index contributed by atoms with van der Waals surface area (Å²) in [6, 6.07) is 20.1. The summed E-state index contributed by atoms with van der Waals surface area (Å²) in [5.41, 5.74) is 2.36. The molecule has 0 spiro atoms. The van der Waals surface area contributed by atoms with Gasteiger partial charge in [0.25, 0.3) is 0 Å². The van der Waals surface area contributed by atoms with Crippen LogP contribution in [0.25, 0.3) is 11.3 Å². The van der Waals surface area contributed by atoms with Crippen LogP contribution in [-0.2, 0) is 6.61 Å². The van der Waals surface area contributed by atoms with Crippen molar-refractivity contribution < 1.29 is 19.4 Å². The van der Waals surface area contributed by atoms with E-state index in [9.17, 15) is 4.79 Å². The molecule has 2 aromatic carbocycles. The van der Waals surface area contributed by atoms with Crippen molar-refractivity contribution in [3.8, 4) is 22.8 Å². The van der Waals surface area contributed by atoms with E-state index in [1.807, 2.05) is 36.4 Å². The van der Waals surface area contributed by atoms with Crippen molar-refractivity contribution >= 4 is 5.97 Å². The summed E-state index contributed by atoms with van der Waals surface area (Å²) in [5.74, 6) is 0.122. The maximum atomic E-state index is 11.1. The van der Waals surface area contributed by atoms with Crippen LogP contribution in [0.3, 0.4) is 0 Å². The number of nitrogens with zero attached hydrogens (tertiary/aromatic N) is 1. The normalized spacial score (nSPS) is 10.3. The number of methoxy groups -OCH3 is 1. The van der Waals surface area contributed by atoms with Gasteiger partial charge in [-0.3, -0.25) is 0 Å². The van der Waals surface area contributed by atoms with Gasteiger partial charge in [0.15, 0.2) is 11.5 Å². The van der Waals surface area contributed by atoms with Crippen LogP contribution in [0.2, 0.25) is 0 Å². The van der Waals surface area contributed by atoms with Gasteiger partial charge in [0.2, 0.25) is 0 Å². The first-order valence-corrected chi connectivity index (χ1v) is 7.73. The van der Waals surface area contributed by atoms with Crippen LogP contribution in [0.4, 0.5) is 0 Å². The van der Waals surface area contributed by atoms with Crippen molar-refractivity contribution in [3.05, 3.63) is 78.0 Å². The van der Waals surface area contributed by atoms with Gasteiger partial charge < -0.3 is 14.6 Å². The molecule has 0 saturated heterocycles. The Hall–Kier alpha value is -3.34. The zero-order valence-electron chi connectivity index (χ0n) is 13.7. The van der Waals surface area contributed by atoms with Crippen molar-refractivity contribution in [2.45, 2.75) is 6.61 Å². The lowest BCUT2D eigenvalue weighted by molar-refractivity contribution is 0.0690. The lowest BCUT2D eigenvalue weighted by Crippen LogP contribution is -2.01. The van der Waals surface area contributed by atoms with E-state index >= 15 is 0 Å². The van der Waals surface area contributed by atoms with E-state index in [-0.39, 0.29) is 5.69 Å². The van der Waals surface area contributed by atoms with E-state index in [2.05, 4.69) is 4.98 Å². The van der Waals surface area contributed by atoms with E-state index < -0.39 is 5.97 Å². The number of rotatable bonds is 6. The monoisotopic (exact) mass is 335 g/mol. The number of carboxylic acid groups (broad SMARTS) is 1. The zero-order valence-corrected chi connectivity index (χ0v) is 13.7. The van der Waals surface area contributed by atoms with Crippen molar-refractivity contribution in [3.63, 3.8) is 0 Å². The quantitative estimate of drug-likeness (QED) is 0.736. The van der Waals surface area contributed by atoms with Crippen LogP contribution in [0.5, 0.6) is 11.5 Å². The first-order chi connectivity index (χ1) is 12.2. The summed E-state index contributed by atoms with van der Waals surface area (Å²) in [5, 5.41) is 9.10. The topological polar surface area (TPSA) is 68.7 Å². The Morgan fingerprint density at radius 1 is 1.00 bits per heavy atom. The molecule has 3 rings (SSSR count). The second-order valence-corrected chi connectivity index (χ2v) is 5.35. The molecule has 25 heavy (non-hydrogen) atoms. The van der Waals surface area contributed by atoms with Crippen molar-refractivity contribution in [2.75, 3.05) is 7.11 Å². The Kier molecular flexibility index (Phi) is 4.95. The molecular formula is C20H17NO4. The minimum absolute atomic E-state index is 0.0000666. The number of ether oxygens (including phenoxy) is 2. The van der Waals surface area contributed by atoms with Crippen LogP contribution in [-0.4, -0.2) is 23.2 Å². The first-order valence-electron chi connectivity index (χ1n) is 7.73. The molecule has 0 saturated carbocycles. The summed E-state index contributed by atoms with van der Waals surface area (Å²) < 4.78 is 11.2. The number of benzene rings is 2. The van der Waals surface area contributed by atoms with Gasteiger partial charge in [0, 0.05) is 5.56 Å². The smallest absolute Gasteiger partial charge is 0.354 e. The van der Waals surface area contributed by atoms with Crippen LogP contribution >= 0.6 is 0 Å². The number of aromatic carboxylic acids is 1. The third kappa shape index (κ3) is 3.95. The Balaban J connectivity index is 1.89. The van der Waals surface area contributed by atoms with E-state index in [1.165, 1.54) is 6.07 Å². The molecule has 0 amide bonds. The van der Waals surface area contributed by atoms with Crippen molar-refractivity contribution in [1.82, 2.24) is 4.98 Å². The largest absolute Gasteiger partial charge is 0.493 e. The van der Waals surface area contributed by atoms with Gasteiger partial charge in [-0.1, -0.05) is 36.4 Å². The van der Waals surface area contributed by atoms with Crippen LogP contribution < -0.4 is 9.47 Å². The highest BCUT2D eigenvalue weighted by Gasteiger charge is 2.11. The molecule has 1 N–H and O–H groups in total. The predicted molar refractivity (Wildman–Crippen MR) is 94.0 cm³/mol. The molecule has 5 nitrogen and oxygen atoms in total. The Labute approximate surface area is 145 Å². The Bertz CT molecular complexity index is 878. The Morgan fingerprint density at radius 3 is 2.52 bits per heavy atom. The minimum Gasteiger partial charge on any atom is -0.493 e. The molecule has 5 heteroatoms. The van der Waals surface area contributed by atoms with E-state index in [4.69, 9.17) is 14.6 Å². The summed E-state index contributed by atoms with van der Waals surface area (Å²) in [7, 11) is 1.58. The highest BCUT2D eigenvalue weighted by molar-refractivity contribution is 5.86. The minimum atomic E-state index is -1.06. The summed E-state index contributed by atoms with van der Waals surface area (Å²) in [6.07, 6.45) is 0. The highest BCUT2D eigenvalue weighted by Crippen LogP contribution is 2.32. The predicted octanol–water partition coefficient (Wildman–Crippen LogP) is 4.03. The van der Waals surface area contributed by atoms with Crippen LogP contribution in [0.15, 0.2) is 66.7 Å². The Morgan fingerprint density at radius 2 is 1.80 bits per heavy atom. The van der Waals surface area contributed by atoms with Gasteiger partial charge in [-0.05, 0) is 35.9 Å². The molecule has 1 heterocycles. The van der Waals surface area contributed by atoms with Gasteiger partial charge in [-0.25, -0.2) is 9.78 Å². The maximum Gasteiger partial charge on any atom is 0.354 e. The number of carboxylic acids is 1. The second-order valence-electron chi connectivity index (χ2n) is 5.35. The summed E-state index contributed by atoms with van der Waals surface area (Å²) >= 11 is 0. The molecule has 3 aromatic rings. The van der Waals surface area contributed by atoms with Crippen molar-refractivity contribution in [1.29, 1.82) is 0 Å². The molecule has 0 bridgehead atoms. The first kappa shape index (κ1) is 16.5. The number of hydrogen-bond donors (Lipinski definition) is 1. The molecule has 1 aromatic heterocycles. The fourth-order valence-corrected chi connectivity index (χ4v) is 2.40. The van der Waals surface area contributed by atoms with E-state index in [0.29, 0.717) is 23.8 Å². The van der Waals surface area contributed by atoms with Crippen molar-refractivity contribution in [2.24, 2.45) is 0 Å². The molecule has 0 atom stereocenters. The molecule has 0 aliphatic heterocycles. The summed E-state index contributed by atoms with van der Waals surface area (Å²) in [6.45, 7) is 0.406. The molecule has 126 valence electrons. The van der Waals surface area contributed by atoms with E-state index in [1.54, 1.807) is 31.4 Å². The fourth-order valence-electron chi connectivity index (χ4n) is 2.40. The highest BCUT2D eigenvalue weighted by atomic mass is 16.5. The number of aromatic nitrogens is 1. The molecular weight excluding hydrogens is 318 g/mol. The summed E-state index contributed by atoms with van der Waals surface area (Å²) in [4.78, 5) is 15.3. The standard InChI is InChI=1S/C20H17NO4/c1-24-18-11-10-15(16-8-5-9-17(21-16)20(22)23)12-19(18)25-13-14-6-3-2-4-7-14/h2-12H,13H2,1H3,(H,22,23). The lowest BCUT2D eigenvalue weighted by Gasteiger charge is -2.12. The number of carbonyl (C=O) groups is 1. The third-order valence-corrected chi connectivity index (χ3v) is 3.66. The molecule has 0 aliphatic carbocycles. The SMILES string of the molecule is COc1ccc(-c2cccc(C(=O)O)n2)cc1OCc1ccccc1. The fraction of sp³-hybridized carbons (Fsp3) is 0.100. The zero-order chi connectivity index (χ0) is 17.6. The lowest BCUT2D eigenvalue weighted by atomic mass is 10.1. The molecule has 0 unspecified atom stereocenters. The maximum absolute atomic E-state index is 11.1. The average molecular weight is 335 g/mol. The van der Waals surface area contributed by atoms with Gasteiger partial charge >= 0.3 is 5.97 Å². The molecule has 0 fully saturated rings. The van der Waals surface area contributed by atoms with Crippen LogP contribution in [0, 0.1) is 0 Å². The molecule has 0 aliphatic rings. The van der Waals surface area contributed by atoms with E-state index in [0.717, 1.165) is 11.1 Å². The molecule has 0 radical (unpaired) electrons. The van der Waals surface area contributed by atoms with Gasteiger partial charge in [-0.15, -0.1) is 0 Å². The third-order valence-electron chi connectivity index (χ3n) is 3.66. The number of hydrogen-bond acceptors (Lipinski definition) is 4. The number of pyridine rings is 1.